The summed E-state index contributed by atoms with van der Waals surface area (Å²) in [7, 11) is 3.15. The summed E-state index contributed by atoms with van der Waals surface area (Å²) in [5, 5.41) is 5.43. The molecule has 138 valence electrons. The Balaban J connectivity index is 1.68. The van der Waals surface area contributed by atoms with E-state index in [1.807, 2.05) is 18.2 Å². The van der Waals surface area contributed by atoms with E-state index in [2.05, 4.69) is 20.6 Å². The minimum absolute atomic E-state index is 0.0893. The second kappa shape index (κ2) is 9.97. The van der Waals surface area contributed by atoms with E-state index in [0.29, 0.717) is 37.4 Å². The van der Waals surface area contributed by atoms with Crippen molar-refractivity contribution in [3.8, 4) is 11.5 Å². The molecule has 0 atom stereocenters. The maximum atomic E-state index is 11.9. The number of aromatic nitrogens is 2. The van der Waals surface area contributed by atoms with Gasteiger partial charge in [0.2, 0.25) is 5.91 Å². The monoisotopic (exact) mass is 358 g/mol. The molecule has 1 aromatic heterocycles. The van der Waals surface area contributed by atoms with Crippen molar-refractivity contribution in [2.24, 2.45) is 0 Å². The van der Waals surface area contributed by atoms with Gasteiger partial charge < -0.3 is 20.1 Å². The summed E-state index contributed by atoms with van der Waals surface area (Å²) in [5.74, 6) is 0.878. The van der Waals surface area contributed by atoms with Crippen LogP contribution in [0, 0.1) is 0 Å². The van der Waals surface area contributed by atoms with E-state index in [1.165, 1.54) is 18.6 Å². The molecular weight excluding hydrogens is 336 g/mol. The van der Waals surface area contributed by atoms with E-state index in [0.717, 1.165) is 5.56 Å². The van der Waals surface area contributed by atoms with Gasteiger partial charge in [0, 0.05) is 31.9 Å². The third-order valence-electron chi connectivity index (χ3n) is 3.62. The van der Waals surface area contributed by atoms with Crippen LogP contribution in [-0.2, 0) is 11.2 Å². The van der Waals surface area contributed by atoms with Crippen molar-refractivity contribution in [3.63, 3.8) is 0 Å². The average Bonchev–Trinajstić information content (AvgIpc) is 2.69. The lowest BCUT2D eigenvalue weighted by atomic mass is 10.1. The van der Waals surface area contributed by atoms with Crippen molar-refractivity contribution >= 4 is 11.8 Å². The molecule has 0 saturated carbocycles. The zero-order valence-electron chi connectivity index (χ0n) is 14.8. The predicted molar refractivity (Wildman–Crippen MR) is 95.2 cm³/mol. The van der Waals surface area contributed by atoms with Crippen LogP contribution in [0.25, 0.3) is 0 Å². The first kappa shape index (κ1) is 19.2. The largest absolute Gasteiger partial charge is 0.493 e. The van der Waals surface area contributed by atoms with Gasteiger partial charge in [-0.05, 0) is 24.1 Å². The van der Waals surface area contributed by atoms with Crippen LogP contribution in [0.5, 0.6) is 11.5 Å². The molecule has 0 spiro atoms. The fourth-order valence-corrected chi connectivity index (χ4v) is 2.27. The van der Waals surface area contributed by atoms with E-state index >= 15 is 0 Å². The van der Waals surface area contributed by atoms with Crippen molar-refractivity contribution in [1.29, 1.82) is 0 Å². The molecule has 0 bridgehead atoms. The molecule has 0 aliphatic carbocycles. The number of carbonyl (C=O) groups excluding carboxylic acids is 2. The number of hydrogen-bond donors (Lipinski definition) is 2. The molecule has 8 heteroatoms. The van der Waals surface area contributed by atoms with Crippen LogP contribution >= 0.6 is 0 Å². The molecule has 1 aromatic carbocycles. The van der Waals surface area contributed by atoms with E-state index in [-0.39, 0.29) is 17.5 Å². The molecule has 0 unspecified atom stereocenters. The standard InChI is InChI=1S/C18H22N4O4/c1-25-15-5-3-13(11-16(15)26-2)4-6-17(23)21-9-10-22-18(24)14-12-19-7-8-20-14/h3,5,7-8,11-12H,4,6,9-10H2,1-2H3,(H,21,23)(H,22,24). The molecule has 2 aromatic rings. The first-order valence-corrected chi connectivity index (χ1v) is 8.16. The Labute approximate surface area is 151 Å². The lowest BCUT2D eigenvalue weighted by Crippen LogP contribution is -2.35. The van der Waals surface area contributed by atoms with Gasteiger partial charge in [-0.3, -0.25) is 14.6 Å². The van der Waals surface area contributed by atoms with E-state index in [4.69, 9.17) is 9.47 Å². The van der Waals surface area contributed by atoms with Gasteiger partial charge in [-0.2, -0.15) is 0 Å². The van der Waals surface area contributed by atoms with Crippen LogP contribution in [0.1, 0.15) is 22.5 Å². The topological polar surface area (TPSA) is 102 Å². The average molecular weight is 358 g/mol. The summed E-state index contributed by atoms with van der Waals surface area (Å²) in [6, 6.07) is 5.57. The highest BCUT2D eigenvalue weighted by Crippen LogP contribution is 2.27. The van der Waals surface area contributed by atoms with E-state index in [1.54, 1.807) is 14.2 Å². The molecule has 0 radical (unpaired) electrons. The van der Waals surface area contributed by atoms with Crippen LogP contribution in [0.2, 0.25) is 0 Å². The molecule has 2 N–H and O–H groups in total. The number of rotatable bonds is 9. The molecular formula is C18H22N4O4. The van der Waals surface area contributed by atoms with Crippen LogP contribution < -0.4 is 20.1 Å². The molecule has 0 saturated heterocycles. The fraction of sp³-hybridized carbons (Fsp3) is 0.333. The number of nitrogens with one attached hydrogen (secondary N) is 2. The summed E-state index contributed by atoms with van der Waals surface area (Å²) in [6.45, 7) is 0.661. The second-order valence-electron chi connectivity index (χ2n) is 5.39. The normalized spacial score (nSPS) is 10.1. The SMILES string of the molecule is COc1ccc(CCC(=O)NCCNC(=O)c2cnccn2)cc1OC. The van der Waals surface area contributed by atoms with Gasteiger partial charge >= 0.3 is 0 Å². The summed E-state index contributed by atoms with van der Waals surface area (Å²) >= 11 is 0. The van der Waals surface area contributed by atoms with Crippen LogP contribution in [0.15, 0.2) is 36.8 Å². The highest BCUT2D eigenvalue weighted by Gasteiger charge is 2.08. The smallest absolute Gasteiger partial charge is 0.271 e. The number of amides is 2. The Hall–Kier alpha value is -3.16. The Kier molecular flexibility index (Phi) is 7.35. The number of aryl methyl sites for hydroxylation is 1. The molecule has 0 fully saturated rings. The van der Waals surface area contributed by atoms with E-state index in [9.17, 15) is 9.59 Å². The molecule has 2 rings (SSSR count). The second-order valence-corrected chi connectivity index (χ2v) is 5.39. The van der Waals surface area contributed by atoms with Gasteiger partial charge in [0.05, 0.1) is 20.4 Å². The number of benzene rings is 1. The van der Waals surface area contributed by atoms with Crippen molar-refractivity contribution in [2.45, 2.75) is 12.8 Å². The predicted octanol–water partition coefficient (Wildman–Crippen LogP) is 0.973. The van der Waals surface area contributed by atoms with Crippen molar-refractivity contribution in [1.82, 2.24) is 20.6 Å². The Bertz CT molecular complexity index is 737. The van der Waals surface area contributed by atoms with Crippen molar-refractivity contribution in [3.05, 3.63) is 48.0 Å². The first-order chi connectivity index (χ1) is 12.6. The van der Waals surface area contributed by atoms with Crippen molar-refractivity contribution < 1.29 is 19.1 Å². The fourth-order valence-electron chi connectivity index (χ4n) is 2.27. The zero-order valence-corrected chi connectivity index (χ0v) is 14.8. The highest BCUT2D eigenvalue weighted by atomic mass is 16.5. The maximum absolute atomic E-state index is 11.9. The zero-order chi connectivity index (χ0) is 18.8. The molecule has 1 heterocycles. The Morgan fingerprint density at radius 2 is 1.81 bits per heavy atom. The minimum Gasteiger partial charge on any atom is -0.493 e. The quantitative estimate of drug-likeness (QED) is 0.648. The lowest BCUT2D eigenvalue weighted by Gasteiger charge is -2.10. The van der Waals surface area contributed by atoms with Crippen LogP contribution in [-0.4, -0.2) is 49.1 Å². The summed E-state index contributed by atoms with van der Waals surface area (Å²) in [5.41, 5.74) is 1.22. The van der Waals surface area contributed by atoms with Crippen LogP contribution in [0.3, 0.4) is 0 Å². The third-order valence-corrected chi connectivity index (χ3v) is 3.62. The number of carbonyl (C=O) groups is 2. The van der Waals surface area contributed by atoms with Gasteiger partial charge in [0.1, 0.15) is 5.69 Å². The lowest BCUT2D eigenvalue weighted by molar-refractivity contribution is -0.121. The summed E-state index contributed by atoms with van der Waals surface area (Å²) in [6.07, 6.45) is 5.25. The highest BCUT2D eigenvalue weighted by molar-refractivity contribution is 5.91. The number of methoxy groups -OCH3 is 2. The number of hydrogen-bond acceptors (Lipinski definition) is 6. The van der Waals surface area contributed by atoms with Gasteiger partial charge in [-0.1, -0.05) is 6.07 Å². The van der Waals surface area contributed by atoms with E-state index < -0.39 is 0 Å². The third kappa shape index (κ3) is 5.73. The Morgan fingerprint density at radius 3 is 2.50 bits per heavy atom. The summed E-state index contributed by atoms with van der Waals surface area (Å²) in [4.78, 5) is 31.4. The van der Waals surface area contributed by atoms with Crippen LogP contribution in [0.4, 0.5) is 0 Å². The summed E-state index contributed by atoms with van der Waals surface area (Å²) < 4.78 is 10.4. The first-order valence-electron chi connectivity index (χ1n) is 8.16. The van der Waals surface area contributed by atoms with Gasteiger partial charge in [-0.25, -0.2) is 4.98 Å². The molecule has 0 aliphatic heterocycles. The number of nitrogens with zero attached hydrogens (tertiary/aromatic N) is 2. The number of ether oxygens (including phenoxy) is 2. The maximum Gasteiger partial charge on any atom is 0.271 e. The molecule has 2 amide bonds. The molecule has 8 nitrogen and oxygen atoms in total. The molecule has 26 heavy (non-hydrogen) atoms. The molecule has 0 aliphatic rings. The van der Waals surface area contributed by atoms with Gasteiger partial charge in [-0.15, -0.1) is 0 Å². The van der Waals surface area contributed by atoms with Crippen molar-refractivity contribution in [2.75, 3.05) is 27.3 Å². The Morgan fingerprint density at radius 1 is 1.04 bits per heavy atom. The van der Waals surface area contributed by atoms with Gasteiger partial charge in [0.25, 0.3) is 5.91 Å². The van der Waals surface area contributed by atoms with Gasteiger partial charge in [0.15, 0.2) is 11.5 Å². The minimum atomic E-state index is -0.322.